The van der Waals surface area contributed by atoms with Crippen LogP contribution in [0.4, 0.5) is 5.69 Å². The van der Waals surface area contributed by atoms with Crippen molar-refractivity contribution in [2.45, 2.75) is 0 Å². The third kappa shape index (κ3) is 4.71. The fourth-order valence-electron chi connectivity index (χ4n) is 3.34. The van der Waals surface area contributed by atoms with Crippen molar-refractivity contribution in [2.24, 2.45) is 0 Å². The highest BCUT2D eigenvalue weighted by molar-refractivity contribution is 6.36. The van der Waals surface area contributed by atoms with Crippen LogP contribution >= 0.6 is 11.6 Å². The van der Waals surface area contributed by atoms with Crippen LogP contribution in [-0.2, 0) is 4.79 Å². The number of hydrogen-bond donors (Lipinski definition) is 2. The molecule has 0 saturated carbocycles. The first-order valence-electron chi connectivity index (χ1n) is 9.87. The van der Waals surface area contributed by atoms with Gasteiger partial charge in [0.15, 0.2) is 0 Å². The van der Waals surface area contributed by atoms with Gasteiger partial charge in [-0.3, -0.25) is 9.59 Å². The van der Waals surface area contributed by atoms with Gasteiger partial charge in [0.2, 0.25) is 0 Å². The van der Waals surface area contributed by atoms with Crippen molar-refractivity contribution in [2.75, 3.05) is 32.5 Å². The Hall–Kier alpha value is -3.35. The van der Waals surface area contributed by atoms with Gasteiger partial charge in [0.05, 0.1) is 5.57 Å². The number of nitrogens with zero attached hydrogens (tertiary/aromatic N) is 1. The molecular formula is C24H22ClN3O3. The molecule has 0 spiro atoms. The lowest BCUT2D eigenvalue weighted by Gasteiger charge is -2.10. The number of hydrogen-bond acceptors (Lipinski definition) is 4. The van der Waals surface area contributed by atoms with E-state index in [0.29, 0.717) is 34.2 Å². The number of amides is 2. The Balaban J connectivity index is 1.55. The summed E-state index contributed by atoms with van der Waals surface area (Å²) in [5, 5.41) is 6.28. The number of nitrogens with one attached hydrogen (secondary N) is 2. The number of fused-ring (bicyclic) bond motifs is 1. The van der Waals surface area contributed by atoms with Crippen LogP contribution < -0.4 is 10.6 Å². The van der Waals surface area contributed by atoms with Crippen molar-refractivity contribution in [3.8, 4) is 11.3 Å². The van der Waals surface area contributed by atoms with Gasteiger partial charge in [-0.15, -0.1) is 0 Å². The van der Waals surface area contributed by atoms with Crippen LogP contribution in [-0.4, -0.2) is 43.9 Å². The van der Waals surface area contributed by atoms with Crippen LogP contribution in [0.1, 0.15) is 21.7 Å². The maximum absolute atomic E-state index is 12.4. The largest absolute Gasteiger partial charge is 0.457 e. The summed E-state index contributed by atoms with van der Waals surface area (Å²) >= 11 is 6.09. The van der Waals surface area contributed by atoms with E-state index in [2.05, 4.69) is 10.6 Å². The molecule has 6 nitrogen and oxygen atoms in total. The minimum absolute atomic E-state index is 0.131. The number of likely N-dealkylation sites (N-methyl/N-ethyl adjacent to an activating group) is 1. The minimum atomic E-state index is -0.202. The summed E-state index contributed by atoms with van der Waals surface area (Å²) in [5.74, 6) is 0.814. The molecule has 0 radical (unpaired) electrons. The number of carbonyl (C=O) groups excluding carboxylic acids is 2. The monoisotopic (exact) mass is 435 g/mol. The summed E-state index contributed by atoms with van der Waals surface area (Å²) in [6, 6.07) is 16.1. The standard InChI is InChI=1S/C24H22ClN3O3/c1-28(2)11-10-26-23(29)16-5-3-4-15(12-16)22-9-7-18(31-22)14-20-19-13-17(25)6-8-21(19)27-24(20)30/h3-9,12-14H,10-11H2,1-2H3,(H,26,29)(H,27,30). The number of furan rings is 1. The number of rotatable bonds is 6. The summed E-state index contributed by atoms with van der Waals surface area (Å²) in [7, 11) is 3.91. The summed E-state index contributed by atoms with van der Waals surface area (Å²) in [6.07, 6.45) is 1.69. The smallest absolute Gasteiger partial charge is 0.256 e. The van der Waals surface area contributed by atoms with Crippen molar-refractivity contribution < 1.29 is 14.0 Å². The lowest BCUT2D eigenvalue weighted by atomic mass is 10.1. The molecule has 0 bridgehead atoms. The van der Waals surface area contributed by atoms with E-state index < -0.39 is 0 Å². The van der Waals surface area contributed by atoms with Gasteiger partial charge in [-0.25, -0.2) is 0 Å². The quantitative estimate of drug-likeness (QED) is 0.563. The molecule has 1 aliphatic heterocycles. The molecule has 2 N–H and O–H groups in total. The van der Waals surface area contributed by atoms with Gasteiger partial charge in [0.25, 0.3) is 11.8 Å². The zero-order valence-corrected chi connectivity index (χ0v) is 18.0. The Morgan fingerprint density at radius 1 is 1.16 bits per heavy atom. The molecule has 7 heteroatoms. The molecule has 0 fully saturated rings. The van der Waals surface area contributed by atoms with Crippen molar-refractivity contribution in [3.05, 3.63) is 76.5 Å². The fraction of sp³-hybridized carbons (Fsp3) is 0.167. The second-order valence-corrected chi connectivity index (χ2v) is 7.98. The molecule has 1 aliphatic rings. The van der Waals surface area contributed by atoms with Gasteiger partial charge >= 0.3 is 0 Å². The first-order valence-corrected chi connectivity index (χ1v) is 10.2. The van der Waals surface area contributed by atoms with E-state index in [0.717, 1.165) is 23.4 Å². The van der Waals surface area contributed by atoms with Crippen molar-refractivity contribution in [1.29, 1.82) is 0 Å². The molecule has 0 unspecified atom stereocenters. The van der Waals surface area contributed by atoms with E-state index in [9.17, 15) is 9.59 Å². The molecular weight excluding hydrogens is 414 g/mol. The second-order valence-electron chi connectivity index (χ2n) is 7.54. The van der Waals surface area contributed by atoms with E-state index in [4.69, 9.17) is 16.0 Å². The highest BCUT2D eigenvalue weighted by Crippen LogP contribution is 2.35. The lowest BCUT2D eigenvalue weighted by molar-refractivity contribution is -0.110. The normalized spacial score (nSPS) is 14.1. The van der Waals surface area contributed by atoms with Gasteiger partial charge < -0.3 is 20.0 Å². The molecule has 4 rings (SSSR count). The highest BCUT2D eigenvalue weighted by atomic mass is 35.5. The first kappa shape index (κ1) is 20.9. The second kappa shape index (κ2) is 8.79. The van der Waals surface area contributed by atoms with Crippen LogP contribution in [0.5, 0.6) is 0 Å². The third-order valence-corrected chi connectivity index (χ3v) is 5.17. The topological polar surface area (TPSA) is 74.6 Å². The molecule has 2 amide bonds. The van der Waals surface area contributed by atoms with Gasteiger partial charge in [0, 0.05) is 40.5 Å². The van der Waals surface area contributed by atoms with Gasteiger partial charge in [-0.05, 0) is 62.6 Å². The molecule has 0 saturated heterocycles. The lowest BCUT2D eigenvalue weighted by Crippen LogP contribution is -2.31. The van der Waals surface area contributed by atoms with Crippen molar-refractivity contribution >= 4 is 40.8 Å². The van der Waals surface area contributed by atoms with E-state index in [1.807, 2.05) is 37.2 Å². The number of anilines is 1. The average Bonchev–Trinajstić information content (AvgIpc) is 3.33. The average molecular weight is 436 g/mol. The number of carbonyl (C=O) groups is 2. The minimum Gasteiger partial charge on any atom is -0.457 e. The first-order chi connectivity index (χ1) is 14.9. The van der Waals surface area contributed by atoms with E-state index in [1.54, 1.807) is 42.5 Å². The van der Waals surface area contributed by atoms with Crippen molar-refractivity contribution in [1.82, 2.24) is 10.2 Å². The molecule has 158 valence electrons. The van der Waals surface area contributed by atoms with Crippen LogP contribution in [0, 0.1) is 0 Å². The fourth-order valence-corrected chi connectivity index (χ4v) is 3.51. The van der Waals surface area contributed by atoms with Gasteiger partial charge in [0.1, 0.15) is 11.5 Å². The number of halogens is 1. The Morgan fingerprint density at radius 2 is 2.00 bits per heavy atom. The van der Waals surface area contributed by atoms with Gasteiger partial charge in [-0.2, -0.15) is 0 Å². The third-order valence-electron chi connectivity index (χ3n) is 4.93. The Bertz CT molecular complexity index is 1180. The zero-order chi connectivity index (χ0) is 22.0. The SMILES string of the molecule is CN(C)CCNC(=O)c1cccc(-c2ccc(C=C3C(=O)Nc4ccc(Cl)cc43)o2)c1. The molecule has 2 aromatic carbocycles. The van der Waals surface area contributed by atoms with E-state index >= 15 is 0 Å². The maximum Gasteiger partial charge on any atom is 0.256 e. The van der Waals surface area contributed by atoms with Crippen LogP contribution in [0.25, 0.3) is 23.0 Å². The molecule has 0 aliphatic carbocycles. The summed E-state index contributed by atoms with van der Waals surface area (Å²) in [5.41, 5.74) is 3.30. The van der Waals surface area contributed by atoms with E-state index in [1.165, 1.54) is 0 Å². The Kier molecular flexibility index (Phi) is 5.93. The maximum atomic E-state index is 12.4. The molecule has 3 aromatic rings. The number of benzene rings is 2. The van der Waals surface area contributed by atoms with E-state index in [-0.39, 0.29) is 11.8 Å². The van der Waals surface area contributed by atoms with Crippen molar-refractivity contribution in [3.63, 3.8) is 0 Å². The molecule has 31 heavy (non-hydrogen) atoms. The Labute approximate surface area is 185 Å². The van der Waals surface area contributed by atoms with Crippen LogP contribution in [0.2, 0.25) is 5.02 Å². The predicted molar refractivity (Wildman–Crippen MR) is 123 cm³/mol. The van der Waals surface area contributed by atoms with Crippen LogP contribution in [0.15, 0.2) is 59.0 Å². The summed E-state index contributed by atoms with van der Waals surface area (Å²) < 4.78 is 5.94. The summed E-state index contributed by atoms with van der Waals surface area (Å²) in [6.45, 7) is 1.34. The molecule has 1 aromatic heterocycles. The highest BCUT2D eigenvalue weighted by Gasteiger charge is 2.24. The van der Waals surface area contributed by atoms with Gasteiger partial charge in [-0.1, -0.05) is 23.7 Å². The zero-order valence-electron chi connectivity index (χ0n) is 17.2. The molecule has 0 atom stereocenters. The Morgan fingerprint density at radius 3 is 2.81 bits per heavy atom. The predicted octanol–water partition coefficient (Wildman–Crippen LogP) is 4.38. The molecule has 2 heterocycles. The summed E-state index contributed by atoms with van der Waals surface area (Å²) in [4.78, 5) is 26.8. The van der Waals surface area contributed by atoms with Crippen LogP contribution in [0.3, 0.4) is 0 Å².